The first-order chi connectivity index (χ1) is 43.0. The van der Waals surface area contributed by atoms with Gasteiger partial charge in [-0.1, -0.05) is 202 Å². The topological polar surface area (TPSA) is 26.1 Å². The molecule has 432 valence electrons. The Balaban J connectivity index is 1.03. The van der Waals surface area contributed by atoms with E-state index in [1.165, 1.54) is 69.7 Å². The SMILES string of the molecule is CC(C)(C)c1ccc(N2c3cc(N(c4ccc(C(C)(C)C)cc4)c4cccc5c4oc4ccccc45)ccc3B3c4cc5sc6ccccc6c5cc4N(c4ccc(C(C)(C)C)cc4)c4cc(N(c5ccccc5)c5ccc6ccccc6c5)cc2c43)cc1. The van der Waals surface area contributed by atoms with Crippen molar-refractivity contribution < 1.29 is 4.42 Å². The molecule has 14 aromatic rings. The number of para-hydroxylation sites is 3. The Morgan fingerprint density at radius 1 is 0.348 bits per heavy atom. The highest BCUT2D eigenvalue weighted by atomic mass is 32.1. The predicted molar refractivity (Wildman–Crippen MR) is 384 cm³/mol. The molecule has 0 fully saturated rings. The van der Waals surface area contributed by atoms with Crippen LogP contribution in [0.5, 0.6) is 0 Å². The molecule has 2 aromatic heterocycles. The molecule has 0 saturated carbocycles. The summed E-state index contributed by atoms with van der Waals surface area (Å²) in [6, 6.07) is 95.8. The summed E-state index contributed by atoms with van der Waals surface area (Å²) in [6.07, 6.45) is 0. The first kappa shape index (κ1) is 54.6. The molecule has 0 N–H and O–H groups in total. The van der Waals surface area contributed by atoms with Crippen molar-refractivity contribution in [2.24, 2.45) is 0 Å². The molecule has 0 amide bonds. The summed E-state index contributed by atoms with van der Waals surface area (Å²) >= 11 is 1.89. The summed E-state index contributed by atoms with van der Waals surface area (Å²) in [5, 5.41) is 7.11. The van der Waals surface area contributed by atoms with Crippen LogP contribution >= 0.6 is 11.3 Å². The van der Waals surface area contributed by atoms with Gasteiger partial charge < -0.3 is 24.0 Å². The van der Waals surface area contributed by atoms with Gasteiger partial charge in [0.25, 0.3) is 6.71 Å². The number of nitrogens with zero attached hydrogens (tertiary/aromatic N) is 4. The normalized spacial score (nSPS) is 13.2. The van der Waals surface area contributed by atoms with Crippen LogP contribution in [-0.4, -0.2) is 6.71 Å². The molecule has 16 rings (SSSR count). The second-order valence-electron chi connectivity index (χ2n) is 27.4. The van der Waals surface area contributed by atoms with Gasteiger partial charge in [0.2, 0.25) is 0 Å². The molecule has 0 bridgehead atoms. The zero-order valence-electron chi connectivity index (χ0n) is 51.9. The fourth-order valence-electron chi connectivity index (χ4n) is 14.0. The van der Waals surface area contributed by atoms with E-state index in [-0.39, 0.29) is 23.0 Å². The maximum absolute atomic E-state index is 6.97. The second kappa shape index (κ2) is 20.4. The first-order valence-electron chi connectivity index (χ1n) is 31.3. The van der Waals surface area contributed by atoms with E-state index >= 15 is 0 Å². The monoisotopic (exact) mass is 1170 g/mol. The standard InChI is InChI=1S/C82H69BN4OS/c1-80(2,3)54-31-38-58(39-32-54)85(70-27-19-26-66-64-24-15-17-28-75(64)88-79(66)70)62-44-45-68-71(47-62)86(59-40-33-55(34-41-59)81(4,5)6)73-48-63(84(57-22-11-10-12-23-57)61-37-30-52-20-13-14-21-53(52)46-61)49-74-78(73)83(68)69-51-77-67(65-25-16-18-29-76(65)89-77)50-72(69)87(74)60-42-35-56(36-43-60)82(7,8)9/h10-51H,1-9H3. The number of furan rings is 1. The number of hydrogen-bond donors (Lipinski definition) is 0. The average molecular weight is 1170 g/mol. The van der Waals surface area contributed by atoms with Gasteiger partial charge in [0, 0.05) is 87.8 Å². The van der Waals surface area contributed by atoms with E-state index in [1.54, 1.807) is 0 Å². The molecule has 0 radical (unpaired) electrons. The highest BCUT2D eigenvalue weighted by Gasteiger charge is 2.45. The maximum atomic E-state index is 6.97. The highest BCUT2D eigenvalue weighted by molar-refractivity contribution is 7.26. The largest absolute Gasteiger partial charge is 0.454 e. The summed E-state index contributed by atoms with van der Waals surface area (Å²) in [6.45, 7) is 20.5. The van der Waals surface area contributed by atoms with E-state index in [0.717, 1.165) is 84.5 Å². The van der Waals surface area contributed by atoms with E-state index in [1.807, 2.05) is 11.3 Å². The number of rotatable bonds is 8. The van der Waals surface area contributed by atoms with Crippen LogP contribution in [0.1, 0.15) is 79.0 Å². The lowest BCUT2D eigenvalue weighted by molar-refractivity contribution is 0.590. The van der Waals surface area contributed by atoms with Crippen LogP contribution in [0.3, 0.4) is 0 Å². The van der Waals surface area contributed by atoms with E-state index in [0.29, 0.717) is 0 Å². The smallest absolute Gasteiger partial charge is 0.252 e. The van der Waals surface area contributed by atoms with Crippen molar-refractivity contribution in [2.45, 2.75) is 78.6 Å². The molecule has 0 spiro atoms. The van der Waals surface area contributed by atoms with Crippen molar-refractivity contribution in [2.75, 3.05) is 19.6 Å². The molecule has 2 aliphatic rings. The van der Waals surface area contributed by atoms with Gasteiger partial charge in [0.1, 0.15) is 5.58 Å². The lowest BCUT2D eigenvalue weighted by atomic mass is 9.33. The maximum Gasteiger partial charge on any atom is 0.252 e. The van der Waals surface area contributed by atoms with Crippen molar-refractivity contribution >= 4 is 156 Å². The fraction of sp³-hybridized carbons (Fsp3) is 0.146. The van der Waals surface area contributed by atoms with Gasteiger partial charge in [-0.3, -0.25) is 0 Å². The molecule has 0 unspecified atom stereocenters. The van der Waals surface area contributed by atoms with Gasteiger partial charge in [-0.15, -0.1) is 11.3 Å². The van der Waals surface area contributed by atoms with E-state index in [9.17, 15) is 0 Å². The summed E-state index contributed by atoms with van der Waals surface area (Å²) in [5.74, 6) is 0. The van der Waals surface area contributed by atoms with Crippen LogP contribution in [0.2, 0.25) is 0 Å². The van der Waals surface area contributed by atoms with Crippen LogP contribution in [0, 0.1) is 0 Å². The molecule has 2 aliphatic heterocycles. The number of thiophene rings is 1. The van der Waals surface area contributed by atoms with Crippen molar-refractivity contribution in [3.63, 3.8) is 0 Å². The average Bonchev–Trinajstić information content (AvgIpc) is 1.82. The third kappa shape index (κ3) is 9.11. The molecule has 89 heavy (non-hydrogen) atoms. The quantitative estimate of drug-likeness (QED) is 0.141. The minimum atomic E-state index is -0.165. The molecule has 0 saturated heterocycles. The first-order valence-corrected chi connectivity index (χ1v) is 32.1. The Hall–Kier alpha value is -9.82. The predicted octanol–water partition coefficient (Wildman–Crippen LogP) is 22.0. The summed E-state index contributed by atoms with van der Waals surface area (Å²) in [7, 11) is 0. The molecule has 0 atom stereocenters. The van der Waals surface area contributed by atoms with E-state index in [2.05, 4.69) is 337 Å². The van der Waals surface area contributed by atoms with Gasteiger partial charge >= 0.3 is 0 Å². The number of anilines is 12. The van der Waals surface area contributed by atoms with Crippen LogP contribution in [-0.2, 0) is 16.2 Å². The Morgan fingerprint density at radius 2 is 0.865 bits per heavy atom. The van der Waals surface area contributed by atoms with Crippen molar-refractivity contribution in [3.05, 3.63) is 271 Å². The Morgan fingerprint density at radius 3 is 1.53 bits per heavy atom. The van der Waals surface area contributed by atoms with Gasteiger partial charge in [-0.2, -0.15) is 0 Å². The van der Waals surface area contributed by atoms with Crippen LogP contribution < -0.4 is 36.0 Å². The van der Waals surface area contributed by atoms with Crippen molar-refractivity contribution in [1.82, 2.24) is 0 Å². The molecule has 7 heteroatoms. The third-order valence-corrected chi connectivity index (χ3v) is 19.8. The lowest BCUT2D eigenvalue weighted by Gasteiger charge is -2.45. The summed E-state index contributed by atoms with van der Waals surface area (Å²) in [4.78, 5) is 10.1. The van der Waals surface area contributed by atoms with Crippen LogP contribution in [0.25, 0.3) is 52.9 Å². The Labute approximate surface area is 526 Å². The fourth-order valence-corrected chi connectivity index (χ4v) is 15.2. The summed E-state index contributed by atoms with van der Waals surface area (Å²) < 4.78 is 9.53. The summed E-state index contributed by atoms with van der Waals surface area (Å²) in [5.41, 5.74) is 22.2. The molecule has 5 nitrogen and oxygen atoms in total. The van der Waals surface area contributed by atoms with Crippen LogP contribution in [0.15, 0.2) is 259 Å². The molecular formula is C82H69BN4OS. The number of hydrogen-bond acceptors (Lipinski definition) is 6. The van der Waals surface area contributed by atoms with Crippen LogP contribution in [0.4, 0.5) is 68.2 Å². The molecule has 4 heterocycles. The van der Waals surface area contributed by atoms with E-state index in [4.69, 9.17) is 4.42 Å². The zero-order chi connectivity index (χ0) is 60.7. The highest BCUT2D eigenvalue weighted by Crippen LogP contribution is 2.52. The molecule has 0 aliphatic carbocycles. The second-order valence-corrected chi connectivity index (χ2v) is 28.5. The van der Waals surface area contributed by atoms with Gasteiger partial charge in [0.15, 0.2) is 5.58 Å². The third-order valence-electron chi connectivity index (χ3n) is 18.7. The Kier molecular flexibility index (Phi) is 12.5. The van der Waals surface area contributed by atoms with Gasteiger partial charge in [-0.25, -0.2) is 0 Å². The van der Waals surface area contributed by atoms with Gasteiger partial charge in [0.05, 0.1) is 11.4 Å². The minimum absolute atomic E-state index is 0.0318. The van der Waals surface area contributed by atoms with Crippen molar-refractivity contribution in [3.8, 4) is 0 Å². The van der Waals surface area contributed by atoms with E-state index < -0.39 is 0 Å². The number of fused-ring (bicyclic) bond motifs is 11. The van der Waals surface area contributed by atoms with Gasteiger partial charge in [-0.05, 0) is 175 Å². The Bertz CT molecular complexity index is 5100. The molecular weight excluding hydrogens is 1100 g/mol. The minimum Gasteiger partial charge on any atom is -0.454 e. The lowest BCUT2D eigenvalue weighted by Crippen LogP contribution is -2.61. The number of benzene rings is 12. The van der Waals surface area contributed by atoms with Crippen molar-refractivity contribution in [1.29, 1.82) is 0 Å². The zero-order valence-corrected chi connectivity index (χ0v) is 52.7. The molecule has 12 aromatic carbocycles.